The predicted molar refractivity (Wildman–Crippen MR) is 202 cm³/mol. The van der Waals surface area contributed by atoms with Gasteiger partial charge >= 0.3 is 6.41 Å². The van der Waals surface area contributed by atoms with Crippen LogP contribution in [0.3, 0.4) is 0 Å². The number of hydrogen-bond donors (Lipinski definition) is 0. The second-order valence-corrected chi connectivity index (χ2v) is 14.4. The molecule has 0 saturated carbocycles. The van der Waals surface area contributed by atoms with E-state index in [4.69, 9.17) is 9.47 Å². The topological polar surface area (TPSA) is 18.5 Å². The summed E-state index contributed by atoms with van der Waals surface area (Å²) in [6.45, 7) is 9.58. The van der Waals surface area contributed by atoms with Gasteiger partial charge in [0.1, 0.15) is 0 Å². The monoisotopic (exact) mass is 670 g/mol. The fourth-order valence-electron chi connectivity index (χ4n) is 6.20. The van der Waals surface area contributed by atoms with Gasteiger partial charge in [-0.15, -0.1) is 0 Å². The SMILES string of the molecule is CCCCCCCCC=CCCCCCCCCOC(OCCCCCCCCC=CCCCCCCCC)[N+](C)(C)CCC.[Cl-]. The molecule has 0 amide bonds. The van der Waals surface area contributed by atoms with Crippen LogP contribution in [0.4, 0.5) is 0 Å². The van der Waals surface area contributed by atoms with Crippen LogP contribution in [-0.4, -0.2) is 44.8 Å². The zero-order valence-electron chi connectivity index (χ0n) is 32.2. The summed E-state index contributed by atoms with van der Waals surface area (Å²) in [4.78, 5) is 0. The van der Waals surface area contributed by atoms with Gasteiger partial charge in [0.2, 0.25) is 0 Å². The Balaban J connectivity index is 0. The van der Waals surface area contributed by atoms with E-state index >= 15 is 0 Å². The fourth-order valence-corrected chi connectivity index (χ4v) is 6.20. The zero-order chi connectivity index (χ0) is 32.9. The normalized spacial score (nSPS) is 12.8. The minimum absolute atomic E-state index is 0. The molecule has 0 rings (SSSR count). The van der Waals surface area contributed by atoms with E-state index in [0.29, 0.717) is 0 Å². The molecule has 0 bridgehead atoms. The van der Waals surface area contributed by atoms with Gasteiger partial charge in [-0.25, -0.2) is 0 Å². The lowest BCUT2D eigenvalue weighted by molar-refractivity contribution is -0.962. The first kappa shape index (κ1) is 47.8. The highest BCUT2D eigenvalue weighted by Gasteiger charge is 2.29. The maximum atomic E-state index is 6.34. The number of hydrogen-bond acceptors (Lipinski definition) is 2. The van der Waals surface area contributed by atoms with Crippen molar-refractivity contribution < 1.29 is 26.4 Å². The quantitative estimate of drug-likeness (QED) is 0.0284. The molecule has 4 heteroatoms. The van der Waals surface area contributed by atoms with Crippen molar-refractivity contribution in [3.05, 3.63) is 24.3 Å². The zero-order valence-corrected chi connectivity index (χ0v) is 32.9. The van der Waals surface area contributed by atoms with E-state index < -0.39 is 0 Å². The average molecular weight is 671 g/mol. The molecule has 0 aromatic heterocycles. The molecule has 0 aromatic carbocycles. The average Bonchev–Trinajstić information content (AvgIpc) is 3.02. The van der Waals surface area contributed by atoms with Crippen LogP contribution in [0.1, 0.15) is 207 Å². The molecule has 0 N–H and O–H groups in total. The van der Waals surface area contributed by atoms with Gasteiger partial charge in [0.05, 0.1) is 33.9 Å². The van der Waals surface area contributed by atoms with E-state index in [0.717, 1.165) is 43.5 Å². The van der Waals surface area contributed by atoms with Crippen LogP contribution in [0.25, 0.3) is 0 Å². The summed E-state index contributed by atoms with van der Waals surface area (Å²) < 4.78 is 13.5. The first-order valence-electron chi connectivity index (χ1n) is 20.4. The van der Waals surface area contributed by atoms with Gasteiger partial charge in [0.15, 0.2) is 0 Å². The molecule has 46 heavy (non-hydrogen) atoms. The summed E-state index contributed by atoms with van der Waals surface area (Å²) >= 11 is 0. The number of quaternary nitrogens is 1. The van der Waals surface area contributed by atoms with Gasteiger partial charge in [-0.3, -0.25) is 4.48 Å². The molecule has 276 valence electrons. The van der Waals surface area contributed by atoms with Crippen molar-refractivity contribution >= 4 is 0 Å². The standard InChI is InChI=1S/C42H84NO2.ClH/c1-6-9-11-13-15-17-19-21-23-25-27-29-31-33-35-37-40-44-42(43(4,5)39-8-3)45-41-38-36-34-32-30-28-26-24-22-20-18-16-14-12-10-7-2;/h21-24,42H,6-20,25-41H2,1-5H3;1H/q+1;/p-1. The predicted octanol–water partition coefficient (Wildman–Crippen LogP) is 10.9. The van der Waals surface area contributed by atoms with Crippen molar-refractivity contribution in [3.8, 4) is 0 Å². The third-order valence-electron chi connectivity index (χ3n) is 9.20. The largest absolute Gasteiger partial charge is 1.00 e. The highest BCUT2D eigenvalue weighted by molar-refractivity contribution is 4.82. The fraction of sp³-hybridized carbons (Fsp3) is 0.905. The molecule has 0 saturated heterocycles. The van der Waals surface area contributed by atoms with Crippen LogP contribution in [0.2, 0.25) is 0 Å². The van der Waals surface area contributed by atoms with Crippen molar-refractivity contribution in [2.45, 2.75) is 213 Å². The molecular formula is C42H84ClNO2. The molecule has 0 atom stereocenters. The van der Waals surface area contributed by atoms with Crippen LogP contribution in [0.15, 0.2) is 24.3 Å². The van der Waals surface area contributed by atoms with Gasteiger partial charge in [-0.05, 0) is 70.6 Å². The van der Waals surface area contributed by atoms with Crippen LogP contribution in [-0.2, 0) is 9.47 Å². The minimum Gasteiger partial charge on any atom is -1.00 e. The van der Waals surface area contributed by atoms with Crippen LogP contribution in [0.5, 0.6) is 0 Å². The second kappa shape index (κ2) is 39.1. The summed E-state index contributed by atoms with van der Waals surface area (Å²) in [7, 11) is 4.52. The molecule has 0 radical (unpaired) electrons. The number of allylic oxidation sites excluding steroid dienone is 4. The molecular weight excluding hydrogens is 586 g/mol. The molecule has 0 fully saturated rings. The van der Waals surface area contributed by atoms with Crippen LogP contribution >= 0.6 is 0 Å². The number of halogens is 1. The Morgan fingerprint density at radius 2 is 0.674 bits per heavy atom. The second-order valence-electron chi connectivity index (χ2n) is 14.4. The summed E-state index contributed by atoms with van der Waals surface area (Å²) in [5, 5.41) is 0. The molecule has 0 aliphatic carbocycles. The van der Waals surface area contributed by atoms with Gasteiger partial charge in [-0.2, -0.15) is 0 Å². The van der Waals surface area contributed by atoms with Crippen molar-refractivity contribution in [2.24, 2.45) is 0 Å². The first-order valence-corrected chi connectivity index (χ1v) is 20.4. The van der Waals surface area contributed by atoms with E-state index in [2.05, 4.69) is 59.2 Å². The maximum Gasteiger partial charge on any atom is 0.308 e. The Kier molecular flexibility index (Phi) is 40.6. The van der Waals surface area contributed by atoms with E-state index in [1.165, 1.54) is 167 Å². The third-order valence-corrected chi connectivity index (χ3v) is 9.20. The summed E-state index contributed by atoms with van der Waals surface area (Å²) in [6, 6.07) is 0. The highest BCUT2D eigenvalue weighted by atomic mass is 35.5. The van der Waals surface area contributed by atoms with Crippen molar-refractivity contribution in [3.63, 3.8) is 0 Å². The first-order chi connectivity index (χ1) is 22.1. The minimum atomic E-state index is -0.129. The third kappa shape index (κ3) is 35.0. The lowest BCUT2D eigenvalue weighted by atomic mass is 10.1. The Morgan fingerprint density at radius 1 is 0.391 bits per heavy atom. The molecule has 0 spiro atoms. The molecule has 0 aromatic rings. The molecule has 0 aliphatic heterocycles. The van der Waals surface area contributed by atoms with E-state index in [1.54, 1.807) is 0 Å². The number of nitrogens with zero attached hydrogens (tertiary/aromatic N) is 1. The summed E-state index contributed by atoms with van der Waals surface area (Å²) in [5.41, 5.74) is 0. The summed E-state index contributed by atoms with van der Waals surface area (Å²) in [5.74, 6) is 0. The summed E-state index contributed by atoms with van der Waals surface area (Å²) in [6.07, 6.45) is 48.2. The molecule has 0 unspecified atom stereocenters. The molecule has 0 heterocycles. The Morgan fingerprint density at radius 3 is 0.978 bits per heavy atom. The van der Waals surface area contributed by atoms with E-state index in [1.807, 2.05) is 0 Å². The van der Waals surface area contributed by atoms with Gasteiger partial charge < -0.3 is 21.9 Å². The number of ether oxygens (including phenoxy) is 2. The Labute approximate surface area is 297 Å². The lowest BCUT2D eigenvalue weighted by Crippen LogP contribution is -3.00. The van der Waals surface area contributed by atoms with Gasteiger partial charge in [0.25, 0.3) is 0 Å². The molecule has 3 nitrogen and oxygen atoms in total. The molecule has 0 aliphatic rings. The smallest absolute Gasteiger partial charge is 0.308 e. The van der Waals surface area contributed by atoms with Crippen LogP contribution < -0.4 is 12.4 Å². The Hall–Kier alpha value is -0.350. The van der Waals surface area contributed by atoms with Crippen LogP contribution in [0, 0.1) is 0 Å². The van der Waals surface area contributed by atoms with Gasteiger partial charge in [0, 0.05) is 0 Å². The van der Waals surface area contributed by atoms with Crippen molar-refractivity contribution in [2.75, 3.05) is 33.9 Å². The number of unbranched alkanes of at least 4 members (excludes halogenated alkanes) is 24. The maximum absolute atomic E-state index is 6.34. The van der Waals surface area contributed by atoms with Crippen molar-refractivity contribution in [1.82, 2.24) is 0 Å². The Bertz CT molecular complexity index is 577. The highest BCUT2D eigenvalue weighted by Crippen LogP contribution is 2.16. The van der Waals surface area contributed by atoms with Crippen molar-refractivity contribution in [1.29, 1.82) is 0 Å². The van der Waals surface area contributed by atoms with E-state index in [-0.39, 0.29) is 18.8 Å². The number of rotatable bonds is 37. The van der Waals surface area contributed by atoms with E-state index in [9.17, 15) is 0 Å². The van der Waals surface area contributed by atoms with Gasteiger partial charge in [-0.1, -0.05) is 161 Å². The lowest BCUT2D eigenvalue weighted by Gasteiger charge is -2.36.